The van der Waals surface area contributed by atoms with Gasteiger partial charge in [0.15, 0.2) is 0 Å². The van der Waals surface area contributed by atoms with Gasteiger partial charge in [0, 0.05) is 30.0 Å². The van der Waals surface area contributed by atoms with E-state index >= 15 is 0 Å². The molecule has 172 valence electrons. The van der Waals surface area contributed by atoms with E-state index < -0.39 is 0 Å². The van der Waals surface area contributed by atoms with Crippen LogP contribution in [-0.2, 0) is 0 Å². The van der Waals surface area contributed by atoms with Gasteiger partial charge in [-0.2, -0.15) is 0 Å². The van der Waals surface area contributed by atoms with E-state index in [0.29, 0.717) is 6.61 Å². The summed E-state index contributed by atoms with van der Waals surface area (Å²) < 4.78 is 12.1. The monoisotopic (exact) mass is 443 g/mol. The smallest absolute Gasteiger partial charge is 0.126 e. The van der Waals surface area contributed by atoms with E-state index in [-0.39, 0.29) is 17.6 Å². The van der Waals surface area contributed by atoms with Crippen LogP contribution in [0.15, 0.2) is 72.8 Å². The molecule has 3 aromatic carbocycles. The van der Waals surface area contributed by atoms with Gasteiger partial charge < -0.3 is 19.5 Å². The molecule has 0 bridgehead atoms. The van der Waals surface area contributed by atoms with E-state index in [0.717, 1.165) is 36.6 Å². The zero-order chi connectivity index (χ0) is 22.5. The first-order chi connectivity index (χ1) is 16.3. The van der Waals surface area contributed by atoms with Gasteiger partial charge in [0.05, 0.1) is 13.2 Å². The van der Waals surface area contributed by atoms with Crippen LogP contribution in [0.3, 0.4) is 0 Å². The lowest BCUT2D eigenvalue weighted by molar-refractivity contribution is 0.205. The lowest BCUT2D eigenvalue weighted by atomic mass is 9.76. The number of nitrogens with zero attached hydrogens (tertiary/aromatic N) is 1. The Morgan fingerprint density at radius 2 is 1.67 bits per heavy atom. The highest BCUT2D eigenvalue weighted by Gasteiger charge is 2.33. The predicted octanol–water partition coefficient (Wildman–Crippen LogP) is 5.96. The molecule has 1 saturated heterocycles. The summed E-state index contributed by atoms with van der Waals surface area (Å²) >= 11 is 0. The maximum atomic E-state index is 9.95. The highest BCUT2D eigenvalue weighted by molar-refractivity contribution is 5.50. The second kappa shape index (κ2) is 10.3. The fraction of sp³-hybridized carbons (Fsp3) is 0.379. The third-order valence-electron chi connectivity index (χ3n) is 6.96. The summed E-state index contributed by atoms with van der Waals surface area (Å²) in [5.74, 6) is 2.29. The Kier molecular flexibility index (Phi) is 6.82. The molecule has 2 aliphatic heterocycles. The first-order valence-electron chi connectivity index (χ1n) is 12.2. The molecule has 33 heavy (non-hydrogen) atoms. The maximum Gasteiger partial charge on any atom is 0.126 e. The van der Waals surface area contributed by atoms with Gasteiger partial charge in [-0.05, 0) is 61.7 Å². The van der Waals surface area contributed by atoms with Crippen LogP contribution in [0.5, 0.6) is 17.2 Å². The number of benzene rings is 3. The minimum Gasteiger partial charge on any atom is -0.508 e. The number of likely N-dealkylation sites (tertiary alicyclic amines) is 1. The van der Waals surface area contributed by atoms with E-state index in [1.165, 1.54) is 43.5 Å². The average molecular weight is 444 g/mol. The number of phenols is 1. The molecule has 0 saturated carbocycles. The number of hydrogen-bond donors (Lipinski definition) is 1. The molecule has 0 radical (unpaired) electrons. The number of rotatable bonds is 7. The molecule has 2 aliphatic rings. The molecule has 0 spiro atoms. The summed E-state index contributed by atoms with van der Waals surface area (Å²) in [7, 11) is 0. The minimum absolute atomic E-state index is 0.157. The highest BCUT2D eigenvalue weighted by atomic mass is 16.5. The van der Waals surface area contributed by atoms with E-state index in [1.54, 1.807) is 12.1 Å². The molecule has 0 aliphatic carbocycles. The Hall–Kier alpha value is -2.98. The standard InChI is InChI=1S/C29H33NO3/c31-24-12-15-26-28(20-24)33-21-27(22-8-3-1-4-9-22)29(26)23-10-13-25(14-11-23)32-19-7-18-30-16-5-2-6-17-30/h1,3-4,8-15,20,27,29,31H,2,5-7,16-19,21H2. The summed E-state index contributed by atoms with van der Waals surface area (Å²) in [6, 6.07) is 24.6. The molecule has 4 heteroatoms. The summed E-state index contributed by atoms with van der Waals surface area (Å²) in [6.07, 6.45) is 5.11. The Morgan fingerprint density at radius 3 is 2.45 bits per heavy atom. The SMILES string of the molecule is Oc1ccc2c(c1)OCC(c1ccccc1)C2c1ccc(OCCCN2CCCCC2)cc1. The first kappa shape index (κ1) is 21.8. The van der Waals surface area contributed by atoms with Crippen molar-refractivity contribution >= 4 is 0 Å². The van der Waals surface area contributed by atoms with Gasteiger partial charge in [-0.15, -0.1) is 0 Å². The zero-order valence-electron chi connectivity index (χ0n) is 19.2. The van der Waals surface area contributed by atoms with Crippen LogP contribution in [0.4, 0.5) is 0 Å². The van der Waals surface area contributed by atoms with Crippen LogP contribution in [0.2, 0.25) is 0 Å². The van der Waals surface area contributed by atoms with Crippen LogP contribution in [0, 0.1) is 0 Å². The second-order valence-corrected chi connectivity index (χ2v) is 9.20. The number of hydrogen-bond acceptors (Lipinski definition) is 4. The first-order valence-corrected chi connectivity index (χ1v) is 12.2. The van der Waals surface area contributed by atoms with E-state index in [9.17, 15) is 5.11 Å². The number of ether oxygens (including phenoxy) is 2. The van der Waals surface area contributed by atoms with Crippen molar-refractivity contribution in [2.75, 3.05) is 32.8 Å². The largest absolute Gasteiger partial charge is 0.508 e. The molecular weight excluding hydrogens is 410 g/mol. The van der Waals surface area contributed by atoms with Gasteiger partial charge in [-0.1, -0.05) is 55.0 Å². The molecule has 5 rings (SSSR count). The van der Waals surface area contributed by atoms with Crippen molar-refractivity contribution < 1.29 is 14.6 Å². The van der Waals surface area contributed by atoms with E-state index in [1.807, 2.05) is 12.1 Å². The third kappa shape index (κ3) is 5.17. The molecule has 2 unspecified atom stereocenters. The lowest BCUT2D eigenvalue weighted by Gasteiger charge is -2.34. The average Bonchev–Trinajstić information content (AvgIpc) is 2.87. The van der Waals surface area contributed by atoms with Crippen LogP contribution >= 0.6 is 0 Å². The molecular formula is C29H33NO3. The van der Waals surface area contributed by atoms with Crippen LogP contribution in [0.25, 0.3) is 0 Å². The minimum atomic E-state index is 0.157. The summed E-state index contributed by atoms with van der Waals surface area (Å²) in [5, 5.41) is 9.95. The Morgan fingerprint density at radius 1 is 0.879 bits per heavy atom. The molecule has 1 N–H and O–H groups in total. The fourth-order valence-corrected chi connectivity index (χ4v) is 5.23. The molecule has 1 fully saturated rings. The number of piperidine rings is 1. The normalized spacial score (nSPS) is 20.6. The Bertz CT molecular complexity index is 1030. The topological polar surface area (TPSA) is 41.9 Å². The maximum absolute atomic E-state index is 9.95. The van der Waals surface area contributed by atoms with Crippen molar-refractivity contribution in [3.8, 4) is 17.2 Å². The summed E-state index contributed by atoms with van der Waals surface area (Å²) in [4.78, 5) is 2.56. The number of phenolic OH excluding ortho intramolecular Hbond substituents is 1. The van der Waals surface area contributed by atoms with Crippen LogP contribution < -0.4 is 9.47 Å². The van der Waals surface area contributed by atoms with Crippen molar-refractivity contribution in [2.45, 2.75) is 37.5 Å². The van der Waals surface area contributed by atoms with Crippen molar-refractivity contribution in [1.29, 1.82) is 0 Å². The van der Waals surface area contributed by atoms with Gasteiger partial charge in [0.1, 0.15) is 17.2 Å². The van der Waals surface area contributed by atoms with Crippen LogP contribution in [0.1, 0.15) is 54.2 Å². The van der Waals surface area contributed by atoms with Gasteiger partial charge in [-0.25, -0.2) is 0 Å². The number of aromatic hydroxyl groups is 1. The molecule has 4 nitrogen and oxygen atoms in total. The van der Waals surface area contributed by atoms with Gasteiger partial charge in [-0.3, -0.25) is 0 Å². The van der Waals surface area contributed by atoms with E-state index in [4.69, 9.17) is 9.47 Å². The third-order valence-corrected chi connectivity index (χ3v) is 6.96. The highest BCUT2D eigenvalue weighted by Crippen LogP contribution is 2.47. The van der Waals surface area contributed by atoms with Gasteiger partial charge in [0.25, 0.3) is 0 Å². The Labute approximate surface area is 196 Å². The van der Waals surface area contributed by atoms with Crippen molar-refractivity contribution in [1.82, 2.24) is 4.90 Å². The van der Waals surface area contributed by atoms with E-state index in [2.05, 4.69) is 53.4 Å². The Balaban J connectivity index is 1.30. The summed E-state index contributed by atoms with van der Waals surface area (Å²) in [5.41, 5.74) is 3.61. The predicted molar refractivity (Wildman–Crippen MR) is 131 cm³/mol. The molecule has 2 heterocycles. The summed E-state index contributed by atoms with van der Waals surface area (Å²) in [6.45, 7) is 4.94. The van der Waals surface area contributed by atoms with Crippen LogP contribution in [-0.4, -0.2) is 42.9 Å². The molecule has 0 aromatic heterocycles. The van der Waals surface area contributed by atoms with Gasteiger partial charge >= 0.3 is 0 Å². The lowest BCUT2D eigenvalue weighted by Crippen LogP contribution is -2.31. The quantitative estimate of drug-likeness (QED) is 0.458. The zero-order valence-corrected chi connectivity index (χ0v) is 19.2. The van der Waals surface area contributed by atoms with Crippen molar-refractivity contribution in [3.05, 3.63) is 89.5 Å². The van der Waals surface area contributed by atoms with Crippen molar-refractivity contribution in [3.63, 3.8) is 0 Å². The molecule has 0 amide bonds. The fourth-order valence-electron chi connectivity index (χ4n) is 5.23. The second-order valence-electron chi connectivity index (χ2n) is 9.20. The van der Waals surface area contributed by atoms with Crippen molar-refractivity contribution in [2.24, 2.45) is 0 Å². The number of fused-ring (bicyclic) bond motifs is 1. The van der Waals surface area contributed by atoms with Gasteiger partial charge in [0.2, 0.25) is 0 Å². The molecule has 3 aromatic rings. The molecule has 2 atom stereocenters.